The van der Waals surface area contributed by atoms with Gasteiger partial charge in [0.15, 0.2) is 0 Å². The number of nitrogens with zero attached hydrogens (tertiary/aromatic N) is 2. The topological polar surface area (TPSA) is 64.6 Å². The van der Waals surface area contributed by atoms with Gasteiger partial charge >= 0.3 is 0 Å². The monoisotopic (exact) mass is 268 g/mol. The van der Waals surface area contributed by atoms with Crippen molar-refractivity contribution < 1.29 is 4.74 Å². The Bertz CT molecular complexity index is 736. The van der Waals surface area contributed by atoms with Crippen LogP contribution in [0.1, 0.15) is 5.56 Å². The number of rotatable bonds is 4. The van der Waals surface area contributed by atoms with Crippen LogP contribution in [0.15, 0.2) is 48.8 Å². The lowest BCUT2D eigenvalue weighted by Crippen LogP contribution is -2.04. The Balaban J connectivity index is 1.79. The third kappa shape index (κ3) is 2.25. The predicted molar refractivity (Wildman–Crippen MR) is 79.9 cm³/mol. The molecule has 102 valence electrons. The molecule has 2 heterocycles. The van der Waals surface area contributed by atoms with Gasteiger partial charge in [-0.05, 0) is 29.8 Å². The molecule has 0 aliphatic carbocycles. The van der Waals surface area contributed by atoms with Gasteiger partial charge in [0.25, 0.3) is 0 Å². The van der Waals surface area contributed by atoms with Gasteiger partial charge in [0.2, 0.25) is 0 Å². The van der Waals surface area contributed by atoms with Crippen LogP contribution in [0.4, 0.5) is 11.5 Å². The van der Waals surface area contributed by atoms with Crippen LogP contribution in [0.5, 0.6) is 5.75 Å². The summed E-state index contributed by atoms with van der Waals surface area (Å²) in [5.74, 6) is 1.69. The first-order valence-corrected chi connectivity index (χ1v) is 6.36. The van der Waals surface area contributed by atoms with E-state index in [0.29, 0.717) is 18.0 Å². The summed E-state index contributed by atoms with van der Waals surface area (Å²) < 4.78 is 7.16. The van der Waals surface area contributed by atoms with Gasteiger partial charge < -0.3 is 15.8 Å². The first kappa shape index (κ1) is 12.3. The largest absolute Gasteiger partial charge is 0.495 e. The molecule has 0 amide bonds. The van der Waals surface area contributed by atoms with Crippen molar-refractivity contribution in [1.82, 2.24) is 9.38 Å². The molecule has 0 unspecified atom stereocenters. The van der Waals surface area contributed by atoms with Crippen LogP contribution in [0.2, 0.25) is 0 Å². The molecule has 5 heteroatoms. The Hall–Kier alpha value is -2.69. The third-order valence-electron chi connectivity index (χ3n) is 3.20. The summed E-state index contributed by atoms with van der Waals surface area (Å²) in [5.41, 5.74) is 8.57. The lowest BCUT2D eigenvalue weighted by molar-refractivity contribution is 0.417. The van der Waals surface area contributed by atoms with E-state index < -0.39 is 0 Å². The van der Waals surface area contributed by atoms with Gasteiger partial charge in [-0.15, -0.1) is 0 Å². The Morgan fingerprint density at radius 3 is 3.00 bits per heavy atom. The quantitative estimate of drug-likeness (QED) is 0.714. The highest BCUT2D eigenvalue weighted by molar-refractivity contribution is 5.55. The number of hydrogen-bond acceptors (Lipinski definition) is 4. The zero-order chi connectivity index (χ0) is 13.9. The molecule has 3 aromatic rings. The second kappa shape index (κ2) is 5.13. The van der Waals surface area contributed by atoms with Crippen molar-refractivity contribution in [2.75, 3.05) is 18.2 Å². The first-order valence-electron chi connectivity index (χ1n) is 6.36. The van der Waals surface area contributed by atoms with E-state index in [9.17, 15) is 0 Å². The van der Waals surface area contributed by atoms with Gasteiger partial charge in [0, 0.05) is 18.9 Å². The number of anilines is 2. The van der Waals surface area contributed by atoms with E-state index in [4.69, 9.17) is 10.5 Å². The van der Waals surface area contributed by atoms with Gasteiger partial charge in [0.1, 0.15) is 17.2 Å². The van der Waals surface area contributed by atoms with Crippen molar-refractivity contribution >= 4 is 17.2 Å². The number of pyridine rings is 1. The van der Waals surface area contributed by atoms with Crippen LogP contribution in [0, 0.1) is 0 Å². The Morgan fingerprint density at radius 2 is 2.20 bits per heavy atom. The highest BCUT2D eigenvalue weighted by Gasteiger charge is 2.03. The smallest absolute Gasteiger partial charge is 0.141 e. The number of nitrogens with two attached hydrogens (primary N) is 1. The third-order valence-corrected chi connectivity index (χ3v) is 3.20. The van der Waals surface area contributed by atoms with Gasteiger partial charge in [-0.2, -0.15) is 0 Å². The van der Waals surface area contributed by atoms with E-state index in [1.165, 1.54) is 0 Å². The van der Waals surface area contributed by atoms with Gasteiger partial charge in [-0.3, -0.25) is 4.40 Å². The van der Waals surface area contributed by atoms with Gasteiger partial charge in [-0.25, -0.2) is 4.98 Å². The standard InChI is InChI=1S/C15H16N4O/c1-20-13-6-5-11(9-12(13)16)10-18-15-4-2-3-14-17-7-8-19(14)15/h2-9,18H,10,16H2,1H3. The maximum atomic E-state index is 5.91. The molecule has 2 aromatic heterocycles. The number of benzene rings is 1. The van der Waals surface area contributed by atoms with Gasteiger partial charge in [-0.1, -0.05) is 12.1 Å². The first-order chi connectivity index (χ1) is 9.78. The molecule has 3 N–H and O–H groups in total. The summed E-state index contributed by atoms with van der Waals surface area (Å²) in [6, 6.07) is 11.8. The molecule has 0 saturated carbocycles. The van der Waals surface area contributed by atoms with Crippen molar-refractivity contribution in [2.24, 2.45) is 0 Å². The fourth-order valence-electron chi connectivity index (χ4n) is 2.18. The maximum absolute atomic E-state index is 5.91. The van der Waals surface area contributed by atoms with E-state index in [-0.39, 0.29) is 0 Å². The number of methoxy groups -OCH3 is 1. The fraction of sp³-hybridized carbons (Fsp3) is 0.133. The second-order valence-electron chi connectivity index (χ2n) is 4.50. The maximum Gasteiger partial charge on any atom is 0.141 e. The molecule has 0 atom stereocenters. The van der Waals surface area contributed by atoms with E-state index in [0.717, 1.165) is 17.0 Å². The number of nitrogens with one attached hydrogen (secondary N) is 1. The Labute approximate surface area is 117 Å². The molecular weight excluding hydrogens is 252 g/mol. The SMILES string of the molecule is COc1ccc(CNc2cccc3nccn23)cc1N. The zero-order valence-electron chi connectivity index (χ0n) is 11.2. The zero-order valence-corrected chi connectivity index (χ0v) is 11.2. The van der Waals surface area contributed by atoms with Crippen molar-refractivity contribution in [3.8, 4) is 5.75 Å². The molecule has 0 saturated heterocycles. The summed E-state index contributed by atoms with van der Waals surface area (Å²) in [6.45, 7) is 0.686. The molecule has 3 rings (SSSR count). The lowest BCUT2D eigenvalue weighted by atomic mass is 10.2. The number of fused-ring (bicyclic) bond motifs is 1. The molecular formula is C15H16N4O. The fourth-order valence-corrected chi connectivity index (χ4v) is 2.18. The van der Waals surface area contributed by atoms with Crippen molar-refractivity contribution in [3.05, 3.63) is 54.4 Å². The van der Waals surface area contributed by atoms with Crippen LogP contribution >= 0.6 is 0 Å². The predicted octanol–water partition coefficient (Wildman–Crippen LogP) is 2.54. The lowest BCUT2D eigenvalue weighted by Gasteiger charge is -2.10. The van der Waals surface area contributed by atoms with E-state index >= 15 is 0 Å². The normalized spacial score (nSPS) is 10.7. The number of aromatic nitrogens is 2. The van der Waals surface area contributed by atoms with Crippen LogP contribution in [-0.4, -0.2) is 16.5 Å². The van der Waals surface area contributed by atoms with E-state index in [1.807, 2.05) is 47.0 Å². The average molecular weight is 268 g/mol. The molecule has 1 aromatic carbocycles. The number of nitrogen functional groups attached to an aromatic ring is 1. The molecule has 0 bridgehead atoms. The summed E-state index contributed by atoms with van der Waals surface area (Å²) in [7, 11) is 1.61. The van der Waals surface area contributed by atoms with E-state index in [1.54, 1.807) is 13.3 Å². The molecule has 0 aliphatic rings. The summed E-state index contributed by atoms with van der Waals surface area (Å²) in [5, 5.41) is 3.38. The van der Waals surface area contributed by atoms with Crippen molar-refractivity contribution in [1.29, 1.82) is 0 Å². The highest BCUT2D eigenvalue weighted by atomic mass is 16.5. The number of ether oxygens (including phenoxy) is 1. The molecule has 0 fully saturated rings. The number of hydrogen-bond donors (Lipinski definition) is 2. The highest BCUT2D eigenvalue weighted by Crippen LogP contribution is 2.22. The summed E-state index contributed by atoms with van der Waals surface area (Å²) >= 11 is 0. The van der Waals surface area contributed by atoms with Crippen molar-refractivity contribution in [2.45, 2.75) is 6.54 Å². The molecule has 0 spiro atoms. The molecule has 20 heavy (non-hydrogen) atoms. The van der Waals surface area contributed by atoms with Crippen LogP contribution in [-0.2, 0) is 6.54 Å². The van der Waals surface area contributed by atoms with E-state index in [2.05, 4.69) is 10.3 Å². The molecule has 0 radical (unpaired) electrons. The van der Waals surface area contributed by atoms with Crippen LogP contribution in [0.3, 0.4) is 0 Å². The minimum absolute atomic E-state index is 0.646. The Kier molecular flexibility index (Phi) is 3.16. The second-order valence-corrected chi connectivity index (χ2v) is 4.50. The van der Waals surface area contributed by atoms with Gasteiger partial charge in [0.05, 0.1) is 12.8 Å². The molecule has 5 nitrogen and oxygen atoms in total. The summed E-state index contributed by atoms with van der Waals surface area (Å²) in [4.78, 5) is 4.26. The van der Waals surface area contributed by atoms with Crippen LogP contribution < -0.4 is 15.8 Å². The minimum Gasteiger partial charge on any atom is -0.495 e. The number of imidazole rings is 1. The minimum atomic E-state index is 0.646. The summed E-state index contributed by atoms with van der Waals surface area (Å²) in [6.07, 6.45) is 3.71. The molecule has 0 aliphatic heterocycles. The average Bonchev–Trinajstić information content (AvgIpc) is 2.94. The van der Waals surface area contributed by atoms with Crippen molar-refractivity contribution in [3.63, 3.8) is 0 Å². The van der Waals surface area contributed by atoms with Crippen LogP contribution in [0.25, 0.3) is 5.65 Å². The Morgan fingerprint density at radius 1 is 1.30 bits per heavy atom.